The largest absolute Gasteiger partial charge is 0.451 e. The van der Waals surface area contributed by atoms with Crippen molar-refractivity contribution in [2.24, 2.45) is 5.92 Å². The molecule has 2 fully saturated rings. The van der Waals surface area contributed by atoms with Crippen molar-refractivity contribution in [2.45, 2.75) is 49.4 Å². The van der Waals surface area contributed by atoms with E-state index in [1.165, 1.54) is 4.90 Å². The average Bonchev–Trinajstić information content (AvgIpc) is 3.44. The molecule has 1 N–H and O–H groups in total. The Morgan fingerprint density at radius 1 is 1.03 bits per heavy atom. The highest BCUT2D eigenvalue weighted by Crippen LogP contribution is 2.34. The van der Waals surface area contributed by atoms with E-state index in [4.69, 9.17) is 27.9 Å². The SMILES string of the molecule is C=C(CCl)C(C(=O)OC(c1ccccc1)c1ccccc1)N1C(=O)C(NC(=O)C2CCCC2)C1Cl. The summed E-state index contributed by atoms with van der Waals surface area (Å²) in [4.78, 5) is 40.3. The van der Waals surface area contributed by atoms with Gasteiger partial charge in [0, 0.05) is 11.8 Å². The van der Waals surface area contributed by atoms with Gasteiger partial charge in [-0.3, -0.25) is 9.59 Å². The van der Waals surface area contributed by atoms with Gasteiger partial charge in [0.15, 0.2) is 12.1 Å². The van der Waals surface area contributed by atoms with E-state index in [0.29, 0.717) is 0 Å². The Balaban J connectivity index is 1.53. The highest BCUT2D eigenvalue weighted by Gasteiger charge is 2.53. The van der Waals surface area contributed by atoms with Crippen molar-refractivity contribution in [1.29, 1.82) is 0 Å². The average molecular weight is 515 g/mol. The number of benzene rings is 2. The van der Waals surface area contributed by atoms with E-state index in [-0.39, 0.29) is 23.3 Å². The summed E-state index contributed by atoms with van der Waals surface area (Å²) in [6.07, 6.45) is 2.92. The molecule has 2 aromatic carbocycles. The summed E-state index contributed by atoms with van der Waals surface area (Å²) in [5.74, 6) is -1.48. The second-order valence-corrected chi connectivity index (χ2v) is 9.63. The van der Waals surface area contributed by atoms with Crippen LogP contribution in [0.15, 0.2) is 72.8 Å². The second-order valence-electron chi connectivity index (χ2n) is 8.92. The monoisotopic (exact) mass is 514 g/mol. The number of carbonyl (C=O) groups excluding carboxylic acids is 3. The van der Waals surface area contributed by atoms with Crippen LogP contribution < -0.4 is 5.32 Å². The second kappa shape index (κ2) is 11.3. The third-order valence-electron chi connectivity index (χ3n) is 6.58. The molecule has 0 spiro atoms. The predicted molar refractivity (Wildman–Crippen MR) is 135 cm³/mol. The number of nitrogens with one attached hydrogen (secondary N) is 1. The minimum Gasteiger partial charge on any atom is -0.451 e. The number of halogens is 2. The molecule has 2 aromatic rings. The quantitative estimate of drug-likeness (QED) is 0.175. The van der Waals surface area contributed by atoms with Crippen molar-refractivity contribution < 1.29 is 19.1 Å². The molecule has 3 atom stereocenters. The first-order valence-electron chi connectivity index (χ1n) is 11.7. The molecule has 0 bridgehead atoms. The van der Waals surface area contributed by atoms with Crippen molar-refractivity contribution in [1.82, 2.24) is 10.2 Å². The van der Waals surface area contributed by atoms with Crippen molar-refractivity contribution in [3.05, 3.63) is 83.9 Å². The van der Waals surface area contributed by atoms with Crippen LogP contribution in [0.3, 0.4) is 0 Å². The highest BCUT2D eigenvalue weighted by molar-refractivity contribution is 6.27. The summed E-state index contributed by atoms with van der Waals surface area (Å²) >= 11 is 12.6. The van der Waals surface area contributed by atoms with Gasteiger partial charge in [-0.2, -0.15) is 0 Å². The van der Waals surface area contributed by atoms with Crippen molar-refractivity contribution in [3.8, 4) is 0 Å². The molecular weight excluding hydrogens is 487 g/mol. The molecule has 4 rings (SSSR count). The number of hydrogen-bond acceptors (Lipinski definition) is 4. The minimum absolute atomic E-state index is 0.0619. The summed E-state index contributed by atoms with van der Waals surface area (Å²) < 4.78 is 5.96. The van der Waals surface area contributed by atoms with Gasteiger partial charge in [0.05, 0.1) is 0 Å². The normalized spacial score (nSPS) is 20.9. The van der Waals surface area contributed by atoms with Crippen molar-refractivity contribution in [2.75, 3.05) is 5.88 Å². The van der Waals surface area contributed by atoms with E-state index < -0.39 is 35.6 Å². The van der Waals surface area contributed by atoms with Crippen molar-refractivity contribution >= 4 is 41.0 Å². The lowest BCUT2D eigenvalue weighted by Crippen LogP contribution is -2.72. The number of alkyl halides is 2. The zero-order valence-corrected chi connectivity index (χ0v) is 20.8. The molecule has 6 nitrogen and oxygen atoms in total. The van der Waals surface area contributed by atoms with Gasteiger partial charge in [-0.05, 0) is 29.5 Å². The maximum absolute atomic E-state index is 13.5. The van der Waals surface area contributed by atoms with Crippen LogP contribution in [-0.4, -0.2) is 46.1 Å². The fraction of sp³-hybridized carbons (Fsp3) is 0.370. The third-order valence-corrected chi connectivity index (χ3v) is 7.39. The summed E-state index contributed by atoms with van der Waals surface area (Å²) in [6.45, 7) is 3.90. The van der Waals surface area contributed by atoms with Crippen LogP contribution in [0.4, 0.5) is 0 Å². The van der Waals surface area contributed by atoms with Crippen LogP contribution in [-0.2, 0) is 19.1 Å². The predicted octanol–water partition coefficient (Wildman–Crippen LogP) is 4.56. The fourth-order valence-electron chi connectivity index (χ4n) is 4.65. The van der Waals surface area contributed by atoms with Gasteiger partial charge in [-0.15, -0.1) is 11.6 Å². The van der Waals surface area contributed by atoms with Gasteiger partial charge in [-0.25, -0.2) is 4.79 Å². The van der Waals surface area contributed by atoms with Gasteiger partial charge in [0.1, 0.15) is 11.5 Å². The fourth-order valence-corrected chi connectivity index (χ4v) is 5.18. The van der Waals surface area contributed by atoms with Crippen molar-refractivity contribution in [3.63, 3.8) is 0 Å². The maximum atomic E-state index is 13.5. The zero-order chi connectivity index (χ0) is 24.9. The van der Waals surface area contributed by atoms with Crippen LogP contribution in [0.5, 0.6) is 0 Å². The molecule has 1 saturated heterocycles. The van der Waals surface area contributed by atoms with E-state index in [2.05, 4.69) is 11.9 Å². The van der Waals surface area contributed by atoms with Gasteiger partial charge in [-0.1, -0.05) is 91.7 Å². The number of amides is 2. The first kappa shape index (κ1) is 25.3. The molecule has 1 aliphatic heterocycles. The molecular formula is C27H28Cl2N2O4. The third kappa shape index (κ3) is 5.39. The molecule has 8 heteroatoms. The lowest BCUT2D eigenvalue weighted by Gasteiger charge is -2.47. The van der Waals surface area contributed by atoms with Gasteiger partial charge in [0.2, 0.25) is 5.91 Å². The van der Waals surface area contributed by atoms with E-state index in [1.807, 2.05) is 60.7 Å². The number of carbonyl (C=O) groups is 3. The van der Waals surface area contributed by atoms with Gasteiger partial charge in [0.25, 0.3) is 5.91 Å². The Hall–Kier alpha value is -2.83. The Labute approximate surface area is 215 Å². The summed E-state index contributed by atoms with van der Waals surface area (Å²) in [5, 5.41) is 2.75. The Morgan fingerprint density at radius 2 is 1.57 bits per heavy atom. The number of likely N-dealkylation sites (tertiary alicyclic amines) is 1. The lowest BCUT2D eigenvalue weighted by atomic mass is 9.97. The smallest absolute Gasteiger partial charge is 0.334 e. The van der Waals surface area contributed by atoms with Crippen LogP contribution in [0.25, 0.3) is 0 Å². The summed E-state index contributed by atoms with van der Waals surface area (Å²) in [5.41, 5.74) is 0.927. The zero-order valence-electron chi connectivity index (χ0n) is 19.2. The molecule has 0 aromatic heterocycles. The lowest BCUT2D eigenvalue weighted by molar-refractivity contribution is -0.165. The number of hydrogen-bond donors (Lipinski definition) is 1. The summed E-state index contributed by atoms with van der Waals surface area (Å²) in [6, 6.07) is 16.6. The number of esters is 1. The molecule has 3 unspecified atom stereocenters. The molecule has 0 radical (unpaired) electrons. The van der Waals surface area contributed by atoms with Crippen LogP contribution in [0, 0.1) is 5.92 Å². The van der Waals surface area contributed by atoms with E-state index in [1.54, 1.807) is 0 Å². The molecule has 1 heterocycles. The molecule has 184 valence electrons. The number of β-lactam (4-membered cyclic amide) rings is 1. The first-order chi connectivity index (χ1) is 16.9. The van der Waals surface area contributed by atoms with Crippen LogP contribution in [0.1, 0.15) is 42.9 Å². The maximum Gasteiger partial charge on any atom is 0.334 e. The molecule has 1 saturated carbocycles. The van der Waals surface area contributed by atoms with Gasteiger partial charge < -0.3 is 15.0 Å². The van der Waals surface area contributed by atoms with E-state index in [0.717, 1.165) is 36.8 Å². The molecule has 35 heavy (non-hydrogen) atoms. The molecule has 1 aliphatic carbocycles. The first-order valence-corrected chi connectivity index (χ1v) is 12.7. The Kier molecular flexibility index (Phi) is 8.14. The number of rotatable bonds is 9. The van der Waals surface area contributed by atoms with Gasteiger partial charge >= 0.3 is 5.97 Å². The summed E-state index contributed by atoms with van der Waals surface area (Å²) in [7, 11) is 0. The Bertz CT molecular complexity index is 1030. The standard InChI is InChI=1S/C27H28Cl2N2O4/c1-17(16-28)22(31-24(29)21(26(31)33)30-25(32)20-14-8-9-15-20)27(34)35-23(18-10-4-2-5-11-18)19-12-6-3-7-13-19/h2-7,10-13,20-24H,1,8-9,14-16H2,(H,30,32). The molecule has 2 aliphatic rings. The van der Waals surface area contributed by atoms with Crippen LogP contribution >= 0.6 is 23.2 Å². The minimum atomic E-state index is -1.17. The van der Waals surface area contributed by atoms with E-state index in [9.17, 15) is 14.4 Å². The highest BCUT2D eigenvalue weighted by atomic mass is 35.5. The molecule has 2 amide bonds. The number of nitrogens with zero attached hydrogens (tertiary/aromatic N) is 1. The topological polar surface area (TPSA) is 75.7 Å². The number of ether oxygens (including phenoxy) is 1. The Morgan fingerprint density at radius 3 is 2.06 bits per heavy atom. The van der Waals surface area contributed by atoms with Crippen LogP contribution in [0.2, 0.25) is 0 Å². The van der Waals surface area contributed by atoms with E-state index >= 15 is 0 Å².